The van der Waals surface area contributed by atoms with Crippen molar-refractivity contribution >= 4 is 28.4 Å². The fourth-order valence-corrected chi connectivity index (χ4v) is 3.01. The van der Waals surface area contributed by atoms with Crippen LogP contribution in [0.25, 0.3) is 22.3 Å². The van der Waals surface area contributed by atoms with Crippen LogP contribution in [0.5, 0.6) is 0 Å². The van der Waals surface area contributed by atoms with Gasteiger partial charge in [-0.25, -0.2) is 0 Å². The zero-order chi connectivity index (χ0) is 18.6. The van der Waals surface area contributed by atoms with Crippen LogP contribution in [-0.2, 0) is 17.8 Å². The number of carbonyl (C=O) groups is 1. The molecule has 2 heterocycles. The van der Waals surface area contributed by atoms with Gasteiger partial charge in [0.1, 0.15) is 6.54 Å². The van der Waals surface area contributed by atoms with Gasteiger partial charge in [-0.3, -0.25) is 4.79 Å². The van der Waals surface area contributed by atoms with Crippen molar-refractivity contribution < 1.29 is 4.79 Å². The number of benzene rings is 2. The second-order valence-electron chi connectivity index (χ2n) is 6.11. The van der Waals surface area contributed by atoms with Crippen molar-refractivity contribution in [3.8, 4) is 11.4 Å². The number of carbonyl (C=O) groups excluding carboxylic acids is 1. The van der Waals surface area contributed by atoms with Crippen molar-refractivity contribution in [1.82, 2.24) is 30.5 Å². The number of tetrazole rings is 1. The highest BCUT2D eigenvalue weighted by atomic mass is 35.5. The molecule has 2 aromatic carbocycles. The molecule has 0 saturated heterocycles. The van der Waals surface area contributed by atoms with Crippen LogP contribution >= 0.6 is 11.6 Å². The molecule has 0 aliphatic rings. The number of amides is 1. The van der Waals surface area contributed by atoms with Crippen LogP contribution in [0, 0.1) is 0 Å². The maximum absolute atomic E-state index is 12.1. The second kappa shape index (κ2) is 7.59. The van der Waals surface area contributed by atoms with Gasteiger partial charge >= 0.3 is 0 Å². The van der Waals surface area contributed by atoms with Crippen LogP contribution in [0.15, 0.2) is 54.7 Å². The summed E-state index contributed by atoms with van der Waals surface area (Å²) in [7, 11) is 0. The number of halogens is 1. The lowest BCUT2D eigenvalue weighted by molar-refractivity contribution is -0.122. The summed E-state index contributed by atoms with van der Waals surface area (Å²) in [6.07, 6.45) is 2.73. The highest BCUT2D eigenvalue weighted by Gasteiger charge is 2.10. The van der Waals surface area contributed by atoms with E-state index in [2.05, 4.69) is 31.8 Å². The number of H-pyrrole nitrogens is 1. The molecule has 8 heteroatoms. The molecular formula is C19H17ClN6O. The first kappa shape index (κ1) is 17.2. The number of hydrogen-bond donors (Lipinski definition) is 2. The molecule has 0 atom stereocenters. The largest absolute Gasteiger partial charge is 0.361 e. The topological polar surface area (TPSA) is 88.5 Å². The summed E-state index contributed by atoms with van der Waals surface area (Å²) in [5.41, 5.74) is 3.07. The Labute approximate surface area is 160 Å². The number of aromatic nitrogens is 5. The molecule has 136 valence electrons. The normalized spacial score (nSPS) is 11.0. The number of fused-ring (bicyclic) bond motifs is 1. The lowest BCUT2D eigenvalue weighted by Crippen LogP contribution is -2.30. The van der Waals surface area contributed by atoms with Gasteiger partial charge in [0.15, 0.2) is 0 Å². The number of rotatable bonds is 6. The van der Waals surface area contributed by atoms with Gasteiger partial charge in [-0.1, -0.05) is 29.8 Å². The van der Waals surface area contributed by atoms with E-state index in [1.807, 2.05) is 36.5 Å². The van der Waals surface area contributed by atoms with Crippen LogP contribution in [0.2, 0.25) is 5.02 Å². The average Bonchev–Trinajstić information content (AvgIpc) is 3.30. The minimum Gasteiger partial charge on any atom is -0.361 e. The Bertz CT molecular complexity index is 1070. The van der Waals surface area contributed by atoms with Gasteiger partial charge in [0, 0.05) is 34.2 Å². The Morgan fingerprint density at radius 1 is 1.15 bits per heavy atom. The standard InChI is InChI=1S/C19H17ClN6O/c20-15-7-5-13(6-8-15)19-23-25-26(24-19)12-18(27)21-10-9-14-11-22-17-4-2-1-3-16(14)17/h1-8,11,22H,9-10,12H2,(H,21,27). The zero-order valence-corrected chi connectivity index (χ0v) is 15.1. The third kappa shape index (κ3) is 3.98. The van der Waals surface area contributed by atoms with Crippen molar-refractivity contribution in [3.05, 3.63) is 65.3 Å². The van der Waals surface area contributed by atoms with Crippen molar-refractivity contribution in [2.75, 3.05) is 6.54 Å². The van der Waals surface area contributed by atoms with Gasteiger partial charge < -0.3 is 10.3 Å². The molecule has 0 bridgehead atoms. The van der Waals surface area contributed by atoms with Crippen molar-refractivity contribution in [2.24, 2.45) is 0 Å². The molecule has 1 amide bonds. The van der Waals surface area contributed by atoms with E-state index in [1.165, 1.54) is 15.7 Å². The van der Waals surface area contributed by atoms with E-state index in [0.717, 1.165) is 17.5 Å². The molecule has 7 nitrogen and oxygen atoms in total. The van der Waals surface area contributed by atoms with E-state index in [-0.39, 0.29) is 12.5 Å². The van der Waals surface area contributed by atoms with Gasteiger partial charge in [0.05, 0.1) is 0 Å². The molecule has 2 N–H and O–H groups in total. The molecule has 0 aliphatic heterocycles. The Kier molecular flexibility index (Phi) is 4.84. The predicted octanol–water partition coefficient (Wildman–Crippen LogP) is 2.83. The molecule has 0 radical (unpaired) electrons. The van der Waals surface area contributed by atoms with Crippen LogP contribution in [0.1, 0.15) is 5.56 Å². The second-order valence-corrected chi connectivity index (χ2v) is 6.55. The van der Waals surface area contributed by atoms with E-state index in [4.69, 9.17) is 11.6 Å². The molecule has 4 aromatic rings. The summed E-state index contributed by atoms with van der Waals surface area (Å²) in [6, 6.07) is 15.2. The number of nitrogens with one attached hydrogen (secondary N) is 2. The first-order valence-corrected chi connectivity index (χ1v) is 8.92. The lowest BCUT2D eigenvalue weighted by atomic mass is 10.1. The average molecular weight is 381 g/mol. The van der Waals surface area contributed by atoms with E-state index in [9.17, 15) is 4.79 Å². The fraction of sp³-hybridized carbons (Fsp3) is 0.158. The summed E-state index contributed by atoms with van der Waals surface area (Å²) in [4.78, 5) is 16.6. The van der Waals surface area contributed by atoms with Gasteiger partial charge in [0.2, 0.25) is 11.7 Å². The van der Waals surface area contributed by atoms with E-state index in [1.54, 1.807) is 12.1 Å². The zero-order valence-electron chi connectivity index (χ0n) is 14.4. The smallest absolute Gasteiger partial charge is 0.243 e. The Hall–Kier alpha value is -3.19. The maximum atomic E-state index is 12.1. The van der Waals surface area contributed by atoms with Gasteiger partial charge in [0.25, 0.3) is 0 Å². The van der Waals surface area contributed by atoms with Crippen LogP contribution in [-0.4, -0.2) is 37.6 Å². The third-order valence-corrected chi connectivity index (χ3v) is 4.48. The summed E-state index contributed by atoms with van der Waals surface area (Å²) in [5.74, 6) is 0.299. The Morgan fingerprint density at radius 3 is 2.81 bits per heavy atom. The van der Waals surface area contributed by atoms with Crippen molar-refractivity contribution in [2.45, 2.75) is 13.0 Å². The van der Waals surface area contributed by atoms with Crippen LogP contribution < -0.4 is 5.32 Å². The van der Waals surface area contributed by atoms with E-state index in [0.29, 0.717) is 17.4 Å². The maximum Gasteiger partial charge on any atom is 0.243 e. The highest BCUT2D eigenvalue weighted by molar-refractivity contribution is 6.30. The molecule has 0 aliphatic carbocycles. The number of para-hydroxylation sites is 1. The van der Waals surface area contributed by atoms with Crippen LogP contribution in [0.4, 0.5) is 0 Å². The van der Waals surface area contributed by atoms with E-state index >= 15 is 0 Å². The SMILES string of the molecule is O=C(Cn1nnc(-c2ccc(Cl)cc2)n1)NCCc1c[nH]c2ccccc12. The number of nitrogens with zero attached hydrogens (tertiary/aromatic N) is 4. The molecule has 2 aromatic heterocycles. The molecule has 0 spiro atoms. The summed E-state index contributed by atoms with van der Waals surface area (Å²) >= 11 is 5.87. The summed E-state index contributed by atoms with van der Waals surface area (Å²) < 4.78 is 0. The monoisotopic (exact) mass is 380 g/mol. The quantitative estimate of drug-likeness (QED) is 0.538. The summed E-state index contributed by atoms with van der Waals surface area (Å²) in [5, 5.41) is 16.9. The number of aromatic amines is 1. The Balaban J connectivity index is 1.31. The van der Waals surface area contributed by atoms with Crippen molar-refractivity contribution in [1.29, 1.82) is 0 Å². The third-order valence-electron chi connectivity index (χ3n) is 4.23. The molecule has 4 rings (SSSR count). The van der Waals surface area contributed by atoms with Gasteiger partial charge in [-0.05, 0) is 47.5 Å². The first-order chi connectivity index (χ1) is 13.2. The predicted molar refractivity (Wildman–Crippen MR) is 103 cm³/mol. The van der Waals surface area contributed by atoms with Crippen LogP contribution in [0.3, 0.4) is 0 Å². The Morgan fingerprint density at radius 2 is 1.96 bits per heavy atom. The van der Waals surface area contributed by atoms with Crippen molar-refractivity contribution in [3.63, 3.8) is 0 Å². The first-order valence-electron chi connectivity index (χ1n) is 8.54. The highest BCUT2D eigenvalue weighted by Crippen LogP contribution is 2.18. The van der Waals surface area contributed by atoms with Gasteiger partial charge in [-0.2, -0.15) is 4.80 Å². The molecular weight excluding hydrogens is 364 g/mol. The van der Waals surface area contributed by atoms with E-state index < -0.39 is 0 Å². The minimum atomic E-state index is -0.158. The summed E-state index contributed by atoms with van der Waals surface area (Å²) in [6.45, 7) is 0.563. The number of hydrogen-bond acceptors (Lipinski definition) is 4. The molecule has 0 unspecified atom stereocenters. The molecule has 27 heavy (non-hydrogen) atoms. The fourth-order valence-electron chi connectivity index (χ4n) is 2.88. The molecule has 0 fully saturated rings. The lowest BCUT2D eigenvalue weighted by Gasteiger charge is -2.04. The minimum absolute atomic E-state index is 0.0223. The van der Waals surface area contributed by atoms with Gasteiger partial charge in [-0.15, -0.1) is 10.2 Å². The molecule has 0 saturated carbocycles.